The zero-order valence-corrected chi connectivity index (χ0v) is 19.6. The number of fused-ring (bicyclic) bond motifs is 1. The highest BCUT2D eigenvalue weighted by atomic mass is 32.1. The predicted molar refractivity (Wildman–Crippen MR) is 132 cm³/mol. The number of ketones is 1. The van der Waals surface area contributed by atoms with E-state index < -0.39 is 0 Å². The van der Waals surface area contributed by atoms with E-state index in [1.807, 2.05) is 37.5 Å². The fourth-order valence-electron chi connectivity index (χ4n) is 3.80. The summed E-state index contributed by atoms with van der Waals surface area (Å²) in [6, 6.07) is 10.1. The van der Waals surface area contributed by atoms with E-state index in [1.54, 1.807) is 29.8 Å². The highest BCUT2D eigenvalue weighted by Crippen LogP contribution is 2.29. The van der Waals surface area contributed by atoms with Crippen molar-refractivity contribution in [3.05, 3.63) is 60.2 Å². The molecule has 168 valence electrons. The number of pyridine rings is 3. The molecule has 4 aromatic rings. The van der Waals surface area contributed by atoms with Crippen molar-refractivity contribution in [3.63, 3.8) is 0 Å². The van der Waals surface area contributed by atoms with Gasteiger partial charge in [-0.1, -0.05) is 11.3 Å². The lowest BCUT2D eigenvalue weighted by Gasteiger charge is -2.43. The van der Waals surface area contributed by atoms with Gasteiger partial charge in [-0.05, 0) is 44.4 Å². The van der Waals surface area contributed by atoms with Crippen molar-refractivity contribution < 1.29 is 4.79 Å². The Labute approximate surface area is 196 Å². The van der Waals surface area contributed by atoms with Gasteiger partial charge in [-0.15, -0.1) is 0 Å². The maximum Gasteiger partial charge on any atom is 0.182 e. The van der Waals surface area contributed by atoms with Crippen LogP contribution in [0.25, 0.3) is 21.5 Å². The number of nitrogens with one attached hydrogen (secondary N) is 1. The number of hydrogen-bond acceptors (Lipinski definition) is 9. The first kappa shape index (κ1) is 21.4. The van der Waals surface area contributed by atoms with E-state index in [4.69, 9.17) is 4.98 Å². The molecule has 1 fully saturated rings. The third-order valence-corrected chi connectivity index (χ3v) is 6.97. The van der Waals surface area contributed by atoms with Gasteiger partial charge in [0, 0.05) is 55.7 Å². The minimum absolute atomic E-state index is 0.0208. The molecule has 8 nitrogen and oxygen atoms in total. The summed E-state index contributed by atoms with van der Waals surface area (Å²) in [4.78, 5) is 36.4. The molecule has 0 unspecified atom stereocenters. The Kier molecular flexibility index (Phi) is 5.74. The number of likely N-dealkylation sites (N-methyl/N-ethyl adjacent to an activating group) is 1. The third kappa shape index (κ3) is 4.42. The summed E-state index contributed by atoms with van der Waals surface area (Å²) in [5.74, 6) is 0.870. The lowest BCUT2D eigenvalue weighted by molar-refractivity contribution is 0.0992. The molecular formula is C24H25N7OS. The van der Waals surface area contributed by atoms with Gasteiger partial charge in [-0.25, -0.2) is 15.0 Å². The fraction of sp³-hybridized carbons (Fsp3) is 0.292. The first-order valence-corrected chi connectivity index (χ1v) is 11.6. The lowest BCUT2D eigenvalue weighted by Crippen LogP contribution is -2.57. The van der Waals surface area contributed by atoms with Gasteiger partial charge in [-0.3, -0.25) is 9.78 Å². The van der Waals surface area contributed by atoms with Crippen LogP contribution in [0.4, 0.5) is 10.9 Å². The van der Waals surface area contributed by atoms with Crippen molar-refractivity contribution in [1.82, 2.24) is 24.8 Å². The van der Waals surface area contributed by atoms with E-state index in [1.165, 1.54) is 0 Å². The molecular weight excluding hydrogens is 434 g/mol. The Morgan fingerprint density at radius 3 is 2.76 bits per heavy atom. The second-order valence-corrected chi connectivity index (χ2v) is 9.40. The van der Waals surface area contributed by atoms with Crippen LogP contribution in [-0.4, -0.2) is 70.9 Å². The summed E-state index contributed by atoms with van der Waals surface area (Å²) in [7, 11) is 6.02. The third-order valence-electron chi connectivity index (χ3n) is 5.93. The smallest absolute Gasteiger partial charge is 0.182 e. The first-order valence-electron chi connectivity index (χ1n) is 10.8. The van der Waals surface area contributed by atoms with Gasteiger partial charge in [-0.2, -0.15) is 0 Å². The number of aromatic nitrogens is 4. The molecule has 5 heterocycles. The number of carbonyl (C=O) groups excluding carboxylic acids is 1. The quantitative estimate of drug-likeness (QED) is 0.421. The Bertz CT molecular complexity index is 1310. The number of hydrogen-bond donors (Lipinski definition) is 1. The minimum atomic E-state index is 0.0208. The van der Waals surface area contributed by atoms with Gasteiger partial charge in [0.05, 0.1) is 28.2 Å². The molecule has 0 aliphatic carbocycles. The van der Waals surface area contributed by atoms with Gasteiger partial charge in [0.25, 0.3) is 0 Å². The largest absolute Gasteiger partial charge is 0.365 e. The van der Waals surface area contributed by atoms with Crippen molar-refractivity contribution in [2.24, 2.45) is 0 Å². The summed E-state index contributed by atoms with van der Waals surface area (Å²) < 4.78 is 0. The maximum atomic E-state index is 13.0. The number of nitrogens with zero attached hydrogens (tertiary/aromatic N) is 6. The van der Waals surface area contributed by atoms with Crippen LogP contribution in [0.2, 0.25) is 0 Å². The fourth-order valence-corrected chi connectivity index (χ4v) is 4.54. The molecule has 1 saturated heterocycles. The van der Waals surface area contributed by atoms with Crippen LogP contribution in [0.15, 0.2) is 48.9 Å². The standard InChI is InChI=1S/C24H25N7OS/c1-25-24-28-12-22(33-24)19-5-4-16-11-27-17(9-20(16)29-19)10-21(32)15-6-7-26-23(8-15)31-13-18(14-31)30(2)3/h4-9,11-12,18H,10,13-14H2,1-3H3,(H,25,28). The molecule has 9 heteroatoms. The molecule has 0 radical (unpaired) electrons. The van der Waals surface area contributed by atoms with E-state index >= 15 is 0 Å². The molecule has 1 N–H and O–H groups in total. The summed E-state index contributed by atoms with van der Waals surface area (Å²) in [5, 5.41) is 4.83. The van der Waals surface area contributed by atoms with Crippen molar-refractivity contribution in [1.29, 1.82) is 0 Å². The SMILES string of the molecule is CNc1ncc(-c2ccc3cnc(CC(=O)c4ccnc(N5CC(N(C)C)C5)c4)cc3n2)s1. The molecule has 5 rings (SSSR count). The molecule has 0 aromatic carbocycles. The first-order chi connectivity index (χ1) is 16.0. The predicted octanol–water partition coefficient (Wildman–Crippen LogP) is 3.37. The number of thiazole rings is 1. The Morgan fingerprint density at radius 1 is 1.15 bits per heavy atom. The van der Waals surface area contributed by atoms with Crippen LogP contribution in [-0.2, 0) is 6.42 Å². The van der Waals surface area contributed by atoms with E-state index in [0.717, 1.165) is 45.5 Å². The molecule has 0 amide bonds. The van der Waals surface area contributed by atoms with Crippen LogP contribution in [0.1, 0.15) is 16.1 Å². The highest BCUT2D eigenvalue weighted by molar-refractivity contribution is 7.18. The molecule has 4 aromatic heterocycles. The van der Waals surface area contributed by atoms with Gasteiger partial charge in [0.1, 0.15) is 5.82 Å². The van der Waals surface area contributed by atoms with E-state index in [0.29, 0.717) is 17.3 Å². The van der Waals surface area contributed by atoms with Gasteiger partial charge < -0.3 is 15.1 Å². The normalized spacial score (nSPS) is 14.0. The van der Waals surface area contributed by atoms with Gasteiger partial charge in [0.15, 0.2) is 10.9 Å². The zero-order valence-electron chi connectivity index (χ0n) is 18.8. The van der Waals surface area contributed by atoms with Crippen molar-refractivity contribution in [2.75, 3.05) is 44.4 Å². The van der Waals surface area contributed by atoms with Crippen LogP contribution in [0, 0.1) is 0 Å². The van der Waals surface area contributed by atoms with Gasteiger partial charge in [0.2, 0.25) is 0 Å². The monoisotopic (exact) mass is 459 g/mol. The van der Waals surface area contributed by atoms with Crippen LogP contribution >= 0.6 is 11.3 Å². The average molecular weight is 460 g/mol. The van der Waals surface area contributed by atoms with Crippen molar-refractivity contribution in [3.8, 4) is 10.6 Å². The second-order valence-electron chi connectivity index (χ2n) is 8.37. The number of rotatable bonds is 7. The number of carbonyl (C=O) groups is 1. The van der Waals surface area contributed by atoms with E-state index in [9.17, 15) is 4.79 Å². The number of anilines is 2. The Hall–Kier alpha value is -3.43. The second kappa shape index (κ2) is 8.84. The average Bonchev–Trinajstić information content (AvgIpc) is 3.27. The molecule has 0 spiro atoms. The topological polar surface area (TPSA) is 87.1 Å². The van der Waals surface area contributed by atoms with Crippen LogP contribution in [0.5, 0.6) is 0 Å². The molecule has 0 bridgehead atoms. The summed E-state index contributed by atoms with van der Waals surface area (Å²) >= 11 is 1.55. The van der Waals surface area contributed by atoms with Gasteiger partial charge >= 0.3 is 0 Å². The Morgan fingerprint density at radius 2 is 2.00 bits per heavy atom. The Balaban J connectivity index is 1.33. The molecule has 0 saturated carbocycles. The van der Waals surface area contributed by atoms with Crippen molar-refractivity contribution in [2.45, 2.75) is 12.5 Å². The summed E-state index contributed by atoms with van der Waals surface area (Å²) in [6.07, 6.45) is 5.52. The lowest BCUT2D eigenvalue weighted by atomic mass is 10.0. The van der Waals surface area contributed by atoms with E-state index in [2.05, 4.69) is 44.2 Å². The maximum absolute atomic E-state index is 13.0. The van der Waals surface area contributed by atoms with E-state index in [-0.39, 0.29) is 12.2 Å². The van der Waals surface area contributed by atoms with Crippen LogP contribution in [0.3, 0.4) is 0 Å². The minimum Gasteiger partial charge on any atom is -0.365 e. The number of Topliss-reactive ketones (excluding diaryl/α,β-unsaturated/α-hetero) is 1. The van der Waals surface area contributed by atoms with Crippen LogP contribution < -0.4 is 10.2 Å². The highest BCUT2D eigenvalue weighted by Gasteiger charge is 2.29. The summed E-state index contributed by atoms with van der Waals surface area (Å²) in [5.41, 5.74) is 3.03. The molecule has 33 heavy (non-hydrogen) atoms. The molecule has 0 atom stereocenters. The summed E-state index contributed by atoms with van der Waals surface area (Å²) in [6.45, 7) is 1.85. The van der Waals surface area contributed by atoms with Crippen molar-refractivity contribution >= 4 is 39.0 Å². The molecule has 1 aliphatic rings. The molecule has 1 aliphatic heterocycles. The zero-order chi connectivity index (χ0) is 22.9.